The van der Waals surface area contributed by atoms with E-state index < -0.39 is 6.16 Å². The van der Waals surface area contributed by atoms with E-state index in [1.807, 2.05) is 13.8 Å². The van der Waals surface area contributed by atoms with Crippen molar-refractivity contribution in [2.75, 3.05) is 0 Å². The fourth-order valence-electron chi connectivity index (χ4n) is 3.83. The van der Waals surface area contributed by atoms with Crippen molar-refractivity contribution in [3.63, 3.8) is 0 Å². The zero-order valence-corrected chi connectivity index (χ0v) is 19.1. The summed E-state index contributed by atoms with van der Waals surface area (Å²) in [5.41, 5.74) is 4.50. The number of aryl methyl sites for hydroxylation is 2. The lowest BCUT2D eigenvalue weighted by Gasteiger charge is -2.13. The molecule has 2 aromatic heterocycles. The number of ether oxygens (including phenoxy) is 1. The highest BCUT2D eigenvalue weighted by Crippen LogP contribution is 2.36. The van der Waals surface area contributed by atoms with Gasteiger partial charge in [0, 0.05) is 35.7 Å². The first-order valence-electron chi connectivity index (χ1n) is 10.1. The van der Waals surface area contributed by atoms with E-state index in [0.717, 1.165) is 28.6 Å². The first-order valence-corrected chi connectivity index (χ1v) is 11.0. The molecule has 0 amide bonds. The number of hydrogen-bond donors (Lipinski definition) is 3. The standard InChI is InChI=1S/C20H19FN4O4S.C2H6/c1-9-4-17-18-13(7-25(17)19(26)14(9)8-29-20(27)28)12(6-23-30-22)11-3-10(2)15(21)5-16(11)24-18;1-2/h3-5,23H,6-8,22H2,1-2H3,(H,27,28);1-2H3. The number of benzene rings is 1. The lowest BCUT2D eigenvalue weighted by molar-refractivity contribution is 0.0848. The first kappa shape index (κ1) is 23.7. The fourth-order valence-corrected chi connectivity index (χ4v) is 4.06. The van der Waals surface area contributed by atoms with Gasteiger partial charge in [-0.3, -0.25) is 9.93 Å². The number of nitrogens with one attached hydrogen (secondary N) is 1. The molecular weight excluding hydrogens is 435 g/mol. The van der Waals surface area contributed by atoms with Gasteiger partial charge in [0.25, 0.3) is 5.56 Å². The predicted octanol–water partition coefficient (Wildman–Crippen LogP) is 4.01. The molecule has 10 heteroatoms. The van der Waals surface area contributed by atoms with Crippen LogP contribution in [0, 0.1) is 19.7 Å². The van der Waals surface area contributed by atoms with E-state index in [1.54, 1.807) is 30.5 Å². The molecule has 4 rings (SSSR count). The van der Waals surface area contributed by atoms with Crippen molar-refractivity contribution in [1.29, 1.82) is 0 Å². The van der Waals surface area contributed by atoms with Crippen molar-refractivity contribution in [2.45, 2.75) is 47.4 Å². The van der Waals surface area contributed by atoms with Crippen LogP contribution in [-0.2, 0) is 24.4 Å². The minimum absolute atomic E-state index is 0.273. The molecule has 0 saturated carbocycles. The van der Waals surface area contributed by atoms with Crippen LogP contribution >= 0.6 is 12.1 Å². The largest absolute Gasteiger partial charge is 0.506 e. The molecule has 4 N–H and O–H groups in total. The Balaban J connectivity index is 0.00000141. The van der Waals surface area contributed by atoms with E-state index >= 15 is 0 Å². The second-order valence-electron chi connectivity index (χ2n) is 7.11. The summed E-state index contributed by atoms with van der Waals surface area (Å²) in [6.45, 7) is 7.76. The third-order valence-electron chi connectivity index (χ3n) is 5.34. The first-order chi connectivity index (χ1) is 15.3. The lowest BCUT2D eigenvalue weighted by atomic mass is 9.99. The summed E-state index contributed by atoms with van der Waals surface area (Å²) >= 11 is 0.974. The van der Waals surface area contributed by atoms with Crippen LogP contribution in [0.25, 0.3) is 22.3 Å². The van der Waals surface area contributed by atoms with E-state index in [-0.39, 0.29) is 30.1 Å². The molecule has 0 unspecified atom stereocenters. The molecule has 1 aliphatic rings. The van der Waals surface area contributed by atoms with E-state index in [2.05, 4.69) is 14.4 Å². The summed E-state index contributed by atoms with van der Waals surface area (Å²) in [5.74, 6) is -0.352. The van der Waals surface area contributed by atoms with Crippen LogP contribution in [0.1, 0.15) is 41.7 Å². The quantitative estimate of drug-likeness (QED) is 0.302. The molecule has 8 nitrogen and oxygen atoms in total. The van der Waals surface area contributed by atoms with Gasteiger partial charge in [-0.25, -0.2) is 18.9 Å². The number of pyridine rings is 2. The Kier molecular flexibility index (Phi) is 7.17. The highest BCUT2D eigenvalue weighted by atomic mass is 32.2. The van der Waals surface area contributed by atoms with Gasteiger partial charge < -0.3 is 14.4 Å². The van der Waals surface area contributed by atoms with Crippen molar-refractivity contribution >= 4 is 29.2 Å². The van der Waals surface area contributed by atoms with Gasteiger partial charge in [0.2, 0.25) is 0 Å². The van der Waals surface area contributed by atoms with Gasteiger partial charge in [-0.05, 0) is 42.7 Å². The van der Waals surface area contributed by atoms with Gasteiger partial charge in [-0.15, -0.1) is 0 Å². The Labute approximate surface area is 188 Å². The van der Waals surface area contributed by atoms with Crippen molar-refractivity contribution in [3.8, 4) is 11.4 Å². The molecule has 0 fully saturated rings. The summed E-state index contributed by atoms with van der Waals surface area (Å²) in [5, 5.41) is 15.1. The number of hydrogen-bond acceptors (Lipinski definition) is 7. The summed E-state index contributed by atoms with van der Waals surface area (Å²) < 4.78 is 23.4. The van der Waals surface area contributed by atoms with Gasteiger partial charge in [0.1, 0.15) is 12.4 Å². The van der Waals surface area contributed by atoms with Gasteiger partial charge in [-0.2, -0.15) is 0 Å². The van der Waals surface area contributed by atoms with Crippen molar-refractivity contribution in [2.24, 2.45) is 5.14 Å². The predicted molar refractivity (Wildman–Crippen MR) is 123 cm³/mol. The van der Waals surface area contributed by atoms with Crippen LogP contribution in [-0.4, -0.2) is 20.8 Å². The lowest BCUT2D eigenvalue weighted by Crippen LogP contribution is -2.25. The topological polar surface area (TPSA) is 119 Å². The van der Waals surface area contributed by atoms with Gasteiger partial charge in [0.15, 0.2) is 0 Å². The Morgan fingerprint density at radius 3 is 2.66 bits per heavy atom. The molecule has 170 valence electrons. The van der Waals surface area contributed by atoms with Gasteiger partial charge in [0.05, 0.1) is 29.0 Å². The van der Waals surface area contributed by atoms with Crippen molar-refractivity contribution in [1.82, 2.24) is 14.3 Å². The minimum Gasteiger partial charge on any atom is -0.450 e. The van der Waals surface area contributed by atoms with E-state index in [1.165, 1.54) is 6.07 Å². The Morgan fingerprint density at radius 1 is 1.28 bits per heavy atom. The van der Waals surface area contributed by atoms with E-state index in [4.69, 9.17) is 10.2 Å². The van der Waals surface area contributed by atoms with Crippen LogP contribution in [0.5, 0.6) is 0 Å². The Hall–Kier alpha value is -2.95. The molecule has 0 atom stereocenters. The number of nitrogens with two attached hydrogens (primary N) is 1. The highest BCUT2D eigenvalue weighted by Gasteiger charge is 2.28. The number of carbonyl (C=O) groups is 1. The summed E-state index contributed by atoms with van der Waals surface area (Å²) in [6, 6.07) is 4.93. The molecule has 1 aliphatic heterocycles. The molecular formula is C22H25FN4O4S. The molecule has 32 heavy (non-hydrogen) atoms. The highest BCUT2D eigenvalue weighted by molar-refractivity contribution is 7.95. The summed E-state index contributed by atoms with van der Waals surface area (Å²) in [4.78, 5) is 28.5. The normalized spacial score (nSPS) is 11.6. The van der Waals surface area contributed by atoms with Crippen molar-refractivity contribution in [3.05, 3.63) is 62.2 Å². The maximum absolute atomic E-state index is 14.2. The average molecular weight is 461 g/mol. The number of halogens is 1. The molecule has 0 radical (unpaired) electrons. The average Bonchev–Trinajstić information content (AvgIpc) is 3.12. The molecule has 0 bridgehead atoms. The minimum atomic E-state index is -1.44. The van der Waals surface area contributed by atoms with Crippen LogP contribution in [0.2, 0.25) is 0 Å². The summed E-state index contributed by atoms with van der Waals surface area (Å²) in [7, 11) is 0. The van der Waals surface area contributed by atoms with Crippen LogP contribution in [0.4, 0.5) is 9.18 Å². The molecule has 3 heterocycles. The van der Waals surface area contributed by atoms with Gasteiger partial charge in [-0.1, -0.05) is 13.8 Å². The van der Waals surface area contributed by atoms with Crippen LogP contribution in [0.15, 0.2) is 23.0 Å². The second kappa shape index (κ2) is 9.68. The fraction of sp³-hybridized carbons (Fsp3) is 0.318. The third-order valence-corrected chi connectivity index (χ3v) is 5.65. The molecule has 0 aliphatic carbocycles. The molecule has 3 aromatic rings. The van der Waals surface area contributed by atoms with Crippen molar-refractivity contribution < 1.29 is 19.0 Å². The van der Waals surface area contributed by atoms with Crippen LogP contribution in [0.3, 0.4) is 0 Å². The van der Waals surface area contributed by atoms with E-state index in [0.29, 0.717) is 34.6 Å². The number of aromatic nitrogens is 2. The SMILES string of the molecule is CC.Cc1cc2c(CNSN)c3c(nc2cc1F)-c1cc(C)c(COC(=O)O)c(=O)n1C3. The number of fused-ring (bicyclic) bond motifs is 4. The second-order valence-corrected chi connectivity index (χ2v) is 7.64. The van der Waals surface area contributed by atoms with E-state index in [9.17, 15) is 14.0 Å². The molecule has 0 spiro atoms. The molecule has 1 aromatic carbocycles. The number of nitrogens with zero attached hydrogens (tertiary/aromatic N) is 2. The monoisotopic (exact) mass is 460 g/mol. The summed E-state index contributed by atoms with van der Waals surface area (Å²) in [6.07, 6.45) is -1.44. The maximum atomic E-state index is 14.2. The Morgan fingerprint density at radius 2 is 2.00 bits per heavy atom. The zero-order valence-electron chi connectivity index (χ0n) is 18.3. The molecule has 0 saturated heterocycles. The van der Waals surface area contributed by atoms with Crippen LogP contribution < -0.4 is 15.4 Å². The third kappa shape index (κ3) is 4.21. The smallest absolute Gasteiger partial charge is 0.450 e. The number of carboxylic acid groups (broad SMARTS) is 1. The maximum Gasteiger partial charge on any atom is 0.506 e. The van der Waals surface area contributed by atoms with Gasteiger partial charge >= 0.3 is 6.16 Å². The number of rotatable bonds is 5. The Bertz CT molecular complexity index is 1260. The zero-order chi connectivity index (χ0) is 23.6.